The van der Waals surface area contributed by atoms with Gasteiger partial charge >= 0.3 is 0 Å². The average molecular weight is 326 g/mol. The molecule has 1 saturated heterocycles. The summed E-state index contributed by atoms with van der Waals surface area (Å²) in [6.45, 7) is 2.60. The molecule has 0 amide bonds. The molecule has 2 fully saturated rings. The molecule has 1 aromatic carbocycles. The molecule has 21 heavy (non-hydrogen) atoms. The van der Waals surface area contributed by atoms with E-state index >= 15 is 0 Å². The van der Waals surface area contributed by atoms with Crippen molar-refractivity contribution in [3.05, 3.63) is 29.3 Å². The number of hydrogen-bond acceptors (Lipinski definition) is 4. The Balaban J connectivity index is 1.76. The van der Waals surface area contributed by atoms with E-state index < -0.39 is 10.0 Å². The molecule has 0 aromatic heterocycles. The second kappa shape index (κ2) is 6.28. The van der Waals surface area contributed by atoms with Gasteiger partial charge in [-0.1, -0.05) is 12.1 Å². The third-order valence-corrected chi connectivity index (χ3v) is 6.79. The molecule has 1 aliphatic heterocycles. The van der Waals surface area contributed by atoms with E-state index in [4.69, 9.17) is 0 Å². The van der Waals surface area contributed by atoms with Crippen molar-refractivity contribution in [2.75, 3.05) is 11.5 Å². The minimum Gasteiger partial charge on any atom is -0.310 e. The second-order valence-electron chi connectivity index (χ2n) is 5.94. The van der Waals surface area contributed by atoms with Crippen LogP contribution >= 0.6 is 11.8 Å². The van der Waals surface area contributed by atoms with Crippen molar-refractivity contribution in [1.29, 1.82) is 0 Å². The molecular weight excluding hydrogens is 304 g/mol. The first-order chi connectivity index (χ1) is 10.0. The van der Waals surface area contributed by atoms with Crippen LogP contribution in [0.25, 0.3) is 0 Å². The molecule has 0 spiro atoms. The lowest BCUT2D eigenvalue weighted by Gasteiger charge is -2.15. The monoisotopic (exact) mass is 326 g/mol. The highest BCUT2D eigenvalue weighted by Gasteiger charge is 2.25. The van der Waals surface area contributed by atoms with Crippen LogP contribution in [0.5, 0.6) is 0 Å². The molecule has 3 rings (SSSR count). The zero-order chi connectivity index (χ0) is 14.9. The van der Waals surface area contributed by atoms with E-state index in [1.54, 1.807) is 11.8 Å². The highest BCUT2D eigenvalue weighted by molar-refractivity contribution is 7.99. The zero-order valence-electron chi connectivity index (χ0n) is 12.3. The molecule has 6 heteroatoms. The lowest BCUT2D eigenvalue weighted by Crippen LogP contribution is -2.35. The molecular formula is C15H22N2O2S2. The summed E-state index contributed by atoms with van der Waals surface area (Å²) in [5.74, 6) is 1.92. The Bertz CT molecular complexity index is 606. The molecule has 1 aliphatic carbocycles. The van der Waals surface area contributed by atoms with Crippen molar-refractivity contribution in [1.82, 2.24) is 10.0 Å². The first-order valence-corrected chi connectivity index (χ1v) is 10.1. The number of nitrogens with one attached hydrogen (secondary N) is 2. The first-order valence-electron chi connectivity index (χ1n) is 7.47. The Labute approximate surface area is 131 Å². The molecule has 4 nitrogen and oxygen atoms in total. The summed E-state index contributed by atoms with van der Waals surface area (Å²) in [7, 11) is -3.41. The summed E-state index contributed by atoms with van der Waals surface area (Å²) in [5, 5.41) is 3.43. The third kappa shape index (κ3) is 4.00. The minimum absolute atomic E-state index is 0.0765. The van der Waals surface area contributed by atoms with Gasteiger partial charge in [-0.3, -0.25) is 0 Å². The van der Waals surface area contributed by atoms with Crippen LogP contribution in [-0.2, 0) is 16.6 Å². The molecule has 116 valence electrons. The molecule has 1 heterocycles. The normalized spacial score (nSPS) is 22.6. The summed E-state index contributed by atoms with van der Waals surface area (Å²) in [5.41, 5.74) is 1.84. The van der Waals surface area contributed by atoms with E-state index in [1.807, 2.05) is 25.1 Å². The Kier molecular flexibility index (Phi) is 4.59. The number of sulfonamides is 1. The van der Waals surface area contributed by atoms with Crippen LogP contribution < -0.4 is 10.0 Å². The minimum atomic E-state index is -3.41. The fourth-order valence-corrected chi connectivity index (χ4v) is 5.33. The van der Waals surface area contributed by atoms with Gasteiger partial charge < -0.3 is 5.32 Å². The van der Waals surface area contributed by atoms with Crippen LogP contribution in [0, 0.1) is 6.92 Å². The maximum absolute atomic E-state index is 12.6. The Morgan fingerprint density at radius 2 is 2.05 bits per heavy atom. The van der Waals surface area contributed by atoms with Gasteiger partial charge in [0.1, 0.15) is 0 Å². The maximum atomic E-state index is 12.6. The lowest BCUT2D eigenvalue weighted by molar-refractivity contribution is 0.562. The van der Waals surface area contributed by atoms with Crippen LogP contribution in [0.2, 0.25) is 0 Å². The largest absolute Gasteiger partial charge is 0.310 e. The third-order valence-electron chi connectivity index (χ3n) is 3.97. The van der Waals surface area contributed by atoms with Gasteiger partial charge in [-0.05, 0) is 49.1 Å². The van der Waals surface area contributed by atoms with E-state index in [-0.39, 0.29) is 6.04 Å². The van der Waals surface area contributed by atoms with Crippen molar-refractivity contribution in [2.45, 2.75) is 49.7 Å². The SMILES string of the molecule is Cc1ccc(CNC2CC2)cc1S(=O)(=O)NC1CCSC1. The van der Waals surface area contributed by atoms with Gasteiger partial charge in [-0.2, -0.15) is 11.8 Å². The van der Waals surface area contributed by atoms with Crippen molar-refractivity contribution >= 4 is 21.8 Å². The van der Waals surface area contributed by atoms with Crippen molar-refractivity contribution in [3.63, 3.8) is 0 Å². The molecule has 0 radical (unpaired) electrons. The summed E-state index contributed by atoms with van der Waals surface area (Å²) in [4.78, 5) is 0.425. The van der Waals surface area contributed by atoms with E-state index in [0.29, 0.717) is 10.9 Å². The van der Waals surface area contributed by atoms with E-state index in [0.717, 1.165) is 35.6 Å². The van der Waals surface area contributed by atoms with Gasteiger partial charge in [0.05, 0.1) is 4.90 Å². The summed E-state index contributed by atoms with van der Waals surface area (Å²) in [6, 6.07) is 6.43. The summed E-state index contributed by atoms with van der Waals surface area (Å²) >= 11 is 1.81. The average Bonchev–Trinajstić information content (AvgIpc) is 3.14. The summed E-state index contributed by atoms with van der Waals surface area (Å²) in [6.07, 6.45) is 3.39. The Morgan fingerprint density at radius 3 is 2.71 bits per heavy atom. The van der Waals surface area contributed by atoms with Crippen LogP contribution in [0.1, 0.15) is 30.4 Å². The van der Waals surface area contributed by atoms with Gasteiger partial charge in [0, 0.05) is 24.4 Å². The molecule has 1 unspecified atom stereocenters. The number of rotatable bonds is 6. The predicted octanol–water partition coefficient (Wildman–Crippen LogP) is 2.03. The lowest BCUT2D eigenvalue weighted by atomic mass is 10.1. The van der Waals surface area contributed by atoms with Gasteiger partial charge in [-0.15, -0.1) is 0 Å². The van der Waals surface area contributed by atoms with E-state index in [9.17, 15) is 8.42 Å². The van der Waals surface area contributed by atoms with E-state index in [2.05, 4.69) is 10.0 Å². The Hall–Kier alpha value is -0.560. The smallest absolute Gasteiger partial charge is 0.241 e. The number of benzene rings is 1. The first kappa shape index (κ1) is 15.3. The quantitative estimate of drug-likeness (QED) is 0.840. The van der Waals surface area contributed by atoms with Crippen molar-refractivity contribution < 1.29 is 8.42 Å². The second-order valence-corrected chi connectivity index (χ2v) is 8.77. The molecule has 2 aliphatic rings. The number of hydrogen-bond donors (Lipinski definition) is 2. The van der Waals surface area contributed by atoms with Gasteiger partial charge in [0.15, 0.2) is 0 Å². The van der Waals surface area contributed by atoms with E-state index in [1.165, 1.54) is 12.8 Å². The highest BCUT2D eigenvalue weighted by Crippen LogP contribution is 2.23. The Morgan fingerprint density at radius 1 is 1.24 bits per heavy atom. The maximum Gasteiger partial charge on any atom is 0.241 e. The van der Waals surface area contributed by atoms with Crippen LogP contribution in [0.15, 0.2) is 23.1 Å². The van der Waals surface area contributed by atoms with Gasteiger partial charge in [0.2, 0.25) is 10.0 Å². The molecule has 1 atom stereocenters. The molecule has 0 bridgehead atoms. The highest BCUT2D eigenvalue weighted by atomic mass is 32.2. The standard InChI is InChI=1S/C15H22N2O2S2/c1-11-2-3-12(9-16-13-4-5-13)8-15(11)21(18,19)17-14-6-7-20-10-14/h2-3,8,13-14,16-17H,4-7,9-10H2,1H3. The van der Waals surface area contributed by atoms with Gasteiger partial charge in [-0.25, -0.2) is 13.1 Å². The molecule has 2 N–H and O–H groups in total. The van der Waals surface area contributed by atoms with Crippen LogP contribution in [-0.4, -0.2) is 32.0 Å². The van der Waals surface area contributed by atoms with Crippen LogP contribution in [0.4, 0.5) is 0 Å². The number of aryl methyl sites for hydroxylation is 1. The summed E-state index contributed by atoms with van der Waals surface area (Å²) < 4.78 is 28.0. The topological polar surface area (TPSA) is 58.2 Å². The molecule has 1 saturated carbocycles. The predicted molar refractivity (Wildman–Crippen MR) is 87.1 cm³/mol. The fourth-order valence-electron chi connectivity index (χ4n) is 2.50. The van der Waals surface area contributed by atoms with Crippen LogP contribution in [0.3, 0.4) is 0 Å². The molecule has 1 aromatic rings. The number of thioether (sulfide) groups is 1. The van der Waals surface area contributed by atoms with Crippen molar-refractivity contribution in [2.24, 2.45) is 0 Å². The van der Waals surface area contributed by atoms with Crippen molar-refractivity contribution in [3.8, 4) is 0 Å². The fraction of sp³-hybridized carbons (Fsp3) is 0.600. The van der Waals surface area contributed by atoms with Gasteiger partial charge in [0.25, 0.3) is 0 Å². The zero-order valence-corrected chi connectivity index (χ0v) is 13.9.